The fourth-order valence-electron chi connectivity index (χ4n) is 8.89. The molecule has 0 fully saturated rings. The van der Waals surface area contributed by atoms with Crippen LogP contribution in [0.15, 0.2) is 36.5 Å². The standard InChI is InChI=1S/C60H117N2O6P/c1-6-8-10-12-14-16-18-19-20-21-22-23-24-25-26-27-28-29-30-31-32-33-34-35-36-37-38-39-40-41-42-43-44-46-48-50-52-54-60(64)61-58(57-68-69(65,66)67-56-55-62(3,4)5)59(63)53-51-49-47-45-17-15-13-11-9-7-2/h26-27,29-30,51,53,58-59,63H,6-25,28,31-50,52,54-57H2,1-5H3,(H-,61,64,65,66)/b27-26-,30-29-,53-51+. The zero-order valence-corrected chi connectivity index (χ0v) is 47.4. The van der Waals surface area contributed by atoms with Crippen molar-refractivity contribution in [2.24, 2.45) is 0 Å². The van der Waals surface area contributed by atoms with Crippen molar-refractivity contribution >= 4 is 13.7 Å². The number of nitrogens with one attached hydrogen (secondary N) is 1. The molecule has 1 amide bonds. The van der Waals surface area contributed by atoms with Gasteiger partial charge in [-0.3, -0.25) is 9.36 Å². The molecule has 0 aromatic rings. The molecule has 8 nitrogen and oxygen atoms in total. The maximum absolute atomic E-state index is 12.9. The topological polar surface area (TPSA) is 108 Å². The van der Waals surface area contributed by atoms with Gasteiger partial charge in [-0.25, -0.2) is 0 Å². The number of rotatable bonds is 55. The van der Waals surface area contributed by atoms with Crippen LogP contribution in [0.1, 0.15) is 290 Å². The van der Waals surface area contributed by atoms with Gasteiger partial charge in [0.25, 0.3) is 7.82 Å². The Labute approximate surface area is 429 Å². The lowest BCUT2D eigenvalue weighted by molar-refractivity contribution is -0.870. The van der Waals surface area contributed by atoms with Crippen LogP contribution in [0.25, 0.3) is 0 Å². The molecule has 0 saturated heterocycles. The summed E-state index contributed by atoms with van der Waals surface area (Å²) in [5.41, 5.74) is 0. The Balaban J connectivity index is 3.87. The van der Waals surface area contributed by atoms with Crippen LogP contribution in [0, 0.1) is 0 Å². The number of quaternary nitrogens is 1. The van der Waals surface area contributed by atoms with Crippen molar-refractivity contribution in [1.82, 2.24) is 5.32 Å². The number of aliphatic hydroxyl groups excluding tert-OH is 1. The van der Waals surface area contributed by atoms with E-state index in [2.05, 4.69) is 43.5 Å². The van der Waals surface area contributed by atoms with E-state index >= 15 is 0 Å². The number of likely N-dealkylation sites (N-methyl/N-ethyl adjacent to an activating group) is 1. The van der Waals surface area contributed by atoms with Crippen molar-refractivity contribution < 1.29 is 32.9 Å². The minimum Gasteiger partial charge on any atom is -0.756 e. The molecular formula is C60H117N2O6P. The summed E-state index contributed by atoms with van der Waals surface area (Å²) in [5, 5.41) is 13.8. The first kappa shape index (κ1) is 67.7. The normalized spacial score (nSPS) is 14.1. The van der Waals surface area contributed by atoms with Crippen molar-refractivity contribution in [2.75, 3.05) is 40.9 Å². The first-order valence-corrected chi connectivity index (χ1v) is 31.3. The monoisotopic (exact) mass is 993 g/mol. The van der Waals surface area contributed by atoms with E-state index in [1.165, 1.54) is 225 Å². The van der Waals surface area contributed by atoms with Crippen LogP contribution in [0.2, 0.25) is 0 Å². The Morgan fingerprint density at radius 1 is 0.507 bits per heavy atom. The number of hydrogen-bond acceptors (Lipinski definition) is 6. The Morgan fingerprint density at radius 3 is 1.20 bits per heavy atom. The third-order valence-corrected chi connectivity index (χ3v) is 14.6. The first-order valence-electron chi connectivity index (χ1n) is 29.9. The van der Waals surface area contributed by atoms with Crippen LogP contribution in [-0.2, 0) is 18.4 Å². The van der Waals surface area contributed by atoms with E-state index in [9.17, 15) is 19.4 Å². The third kappa shape index (κ3) is 54.3. The van der Waals surface area contributed by atoms with E-state index < -0.39 is 20.0 Å². The summed E-state index contributed by atoms with van der Waals surface area (Å²) >= 11 is 0. The number of nitrogens with zero attached hydrogens (tertiary/aromatic N) is 1. The molecule has 0 heterocycles. The first-order chi connectivity index (χ1) is 33.5. The smallest absolute Gasteiger partial charge is 0.268 e. The number of phosphoric acid groups is 1. The van der Waals surface area contributed by atoms with Crippen LogP contribution < -0.4 is 10.2 Å². The van der Waals surface area contributed by atoms with Crippen LogP contribution >= 0.6 is 7.82 Å². The second-order valence-corrected chi connectivity index (χ2v) is 23.1. The Bertz CT molecular complexity index is 1220. The number of hydrogen-bond donors (Lipinski definition) is 2. The Morgan fingerprint density at radius 2 is 0.841 bits per heavy atom. The number of unbranched alkanes of at least 4 members (excludes halogenated alkanes) is 38. The summed E-state index contributed by atoms with van der Waals surface area (Å²) < 4.78 is 23.2. The van der Waals surface area contributed by atoms with Crippen LogP contribution in [0.4, 0.5) is 0 Å². The molecule has 0 aliphatic rings. The number of carbonyl (C=O) groups excluding carboxylic acids is 1. The molecule has 3 unspecified atom stereocenters. The van der Waals surface area contributed by atoms with Gasteiger partial charge in [-0.05, 0) is 51.4 Å². The fourth-order valence-corrected chi connectivity index (χ4v) is 9.61. The highest BCUT2D eigenvalue weighted by molar-refractivity contribution is 7.45. The summed E-state index contributed by atoms with van der Waals surface area (Å²) in [6.45, 7) is 4.65. The van der Waals surface area contributed by atoms with Crippen molar-refractivity contribution in [3.05, 3.63) is 36.5 Å². The quantitative estimate of drug-likeness (QED) is 0.0272. The van der Waals surface area contributed by atoms with Gasteiger partial charge in [-0.1, -0.05) is 269 Å². The molecule has 0 aliphatic carbocycles. The molecule has 0 bridgehead atoms. The number of aliphatic hydroxyl groups is 1. The highest BCUT2D eigenvalue weighted by Crippen LogP contribution is 2.38. The van der Waals surface area contributed by atoms with E-state index in [4.69, 9.17) is 9.05 Å². The van der Waals surface area contributed by atoms with Crippen molar-refractivity contribution in [1.29, 1.82) is 0 Å². The second-order valence-electron chi connectivity index (χ2n) is 21.7. The van der Waals surface area contributed by atoms with Gasteiger partial charge in [0.2, 0.25) is 5.91 Å². The van der Waals surface area contributed by atoms with Gasteiger partial charge in [0.1, 0.15) is 13.2 Å². The lowest BCUT2D eigenvalue weighted by Crippen LogP contribution is -2.45. The zero-order chi connectivity index (χ0) is 50.6. The van der Waals surface area contributed by atoms with Crippen molar-refractivity contribution in [2.45, 2.75) is 302 Å². The molecule has 0 aromatic heterocycles. The van der Waals surface area contributed by atoms with Crippen molar-refractivity contribution in [3.8, 4) is 0 Å². The van der Waals surface area contributed by atoms with E-state index in [1.807, 2.05) is 27.2 Å². The highest BCUT2D eigenvalue weighted by Gasteiger charge is 2.23. The lowest BCUT2D eigenvalue weighted by Gasteiger charge is -2.29. The molecule has 2 N–H and O–H groups in total. The predicted octanol–water partition coefficient (Wildman–Crippen LogP) is 17.5. The van der Waals surface area contributed by atoms with E-state index in [1.54, 1.807) is 6.08 Å². The predicted molar refractivity (Wildman–Crippen MR) is 298 cm³/mol. The van der Waals surface area contributed by atoms with Crippen molar-refractivity contribution in [3.63, 3.8) is 0 Å². The molecule has 0 spiro atoms. The summed E-state index contributed by atoms with van der Waals surface area (Å²) in [5.74, 6) is -0.196. The molecule has 9 heteroatoms. The molecular weight excluding hydrogens is 876 g/mol. The van der Waals surface area contributed by atoms with Gasteiger partial charge in [-0.15, -0.1) is 0 Å². The lowest BCUT2D eigenvalue weighted by atomic mass is 10.0. The van der Waals surface area contributed by atoms with Gasteiger partial charge in [0, 0.05) is 6.42 Å². The molecule has 0 aliphatic heterocycles. The van der Waals surface area contributed by atoms with Crippen LogP contribution in [0.3, 0.4) is 0 Å². The van der Waals surface area contributed by atoms with Crippen LogP contribution in [0.5, 0.6) is 0 Å². The zero-order valence-electron chi connectivity index (χ0n) is 46.5. The molecule has 0 saturated carbocycles. The molecule has 3 atom stereocenters. The number of allylic oxidation sites excluding steroid dienone is 5. The molecule has 408 valence electrons. The maximum atomic E-state index is 12.9. The molecule has 69 heavy (non-hydrogen) atoms. The minimum absolute atomic E-state index is 0.000122. The van der Waals surface area contributed by atoms with E-state index in [-0.39, 0.29) is 19.1 Å². The van der Waals surface area contributed by atoms with E-state index in [0.29, 0.717) is 17.4 Å². The fraction of sp³-hybridized carbons (Fsp3) is 0.883. The molecule has 0 aromatic carbocycles. The highest BCUT2D eigenvalue weighted by atomic mass is 31.2. The van der Waals surface area contributed by atoms with Gasteiger partial charge in [-0.2, -0.15) is 0 Å². The Kier molecular flexibility index (Phi) is 50.7. The average molecular weight is 994 g/mol. The van der Waals surface area contributed by atoms with Gasteiger partial charge < -0.3 is 28.8 Å². The third-order valence-electron chi connectivity index (χ3n) is 13.6. The van der Waals surface area contributed by atoms with Crippen LogP contribution in [-0.4, -0.2) is 68.5 Å². The van der Waals surface area contributed by atoms with E-state index in [0.717, 1.165) is 44.9 Å². The van der Waals surface area contributed by atoms with Gasteiger partial charge in [0.05, 0.1) is 39.9 Å². The second kappa shape index (κ2) is 51.6. The average Bonchev–Trinajstić information content (AvgIpc) is 3.31. The molecule has 0 rings (SSSR count). The largest absolute Gasteiger partial charge is 0.756 e. The van der Waals surface area contributed by atoms with Gasteiger partial charge >= 0.3 is 0 Å². The SMILES string of the molecule is CCCCCCCCCC/C=C/C(O)C(COP(=O)([O-])OCC[N+](C)(C)C)NC(=O)CCCCCCCCCCCCCCCCCCC/C=C\C/C=C\CCCCCCCCCCCCCCC. The Hall–Kier alpha value is -1.28. The van der Waals surface area contributed by atoms with Gasteiger partial charge in [0.15, 0.2) is 0 Å². The number of amides is 1. The minimum atomic E-state index is -4.59. The summed E-state index contributed by atoms with van der Waals surface area (Å²) in [6.07, 6.45) is 66.9. The summed E-state index contributed by atoms with van der Waals surface area (Å²) in [7, 11) is 1.27. The number of phosphoric ester groups is 1. The maximum Gasteiger partial charge on any atom is 0.268 e. The summed E-state index contributed by atoms with van der Waals surface area (Å²) in [4.78, 5) is 25.4. The summed E-state index contributed by atoms with van der Waals surface area (Å²) in [6, 6.07) is -0.883. The number of carbonyl (C=O) groups is 1. The molecule has 0 radical (unpaired) electrons.